The van der Waals surface area contributed by atoms with Gasteiger partial charge >= 0.3 is 23.9 Å². The van der Waals surface area contributed by atoms with Crippen molar-refractivity contribution in [1.82, 2.24) is 5.32 Å². The average Bonchev–Trinajstić information content (AvgIpc) is 2.78. The Hall–Kier alpha value is -2.34. The fourth-order valence-electron chi connectivity index (χ4n) is 3.66. The van der Waals surface area contributed by atoms with E-state index in [1.54, 1.807) is 0 Å². The summed E-state index contributed by atoms with van der Waals surface area (Å²) in [7, 11) is 0. The molecule has 0 spiro atoms. The molecule has 1 aliphatic heterocycles. The maximum Gasteiger partial charge on any atom is 0.303 e. The predicted octanol–water partition coefficient (Wildman–Crippen LogP) is 2.28. The summed E-state index contributed by atoms with van der Waals surface area (Å²) < 4.78 is 27.1. The molecular weight excluding hydrogens is 494 g/mol. The van der Waals surface area contributed by atoms with Gasteiger partial charge in [0, 0.05) is 34.2 Å². The van der Waals surface area contributed by atoms with Gasteiger partial charge in [0.1, 0.15) is 18.1 Å². The molecule has 1 amide bonds. The third kappa shape index (κ3) is 12.6. The van der Waals surface area contributed by atoms with E-state index in [1.807, 2.05) is 0 Å². The maximum absolute atomic E-state index is 12.4. The summed E-state index contributed by atoms with van der Waals surface area (Å²) in [6.45, 7) is 7.08. The Balaban J connectivity index is 2.92. The van der Waals surface area contributed by atoms with Crippen molar-refractivity contribution in [2.24, 2.45) is 0 Å². The van der Waals surface area contributed by atoms with Crippen LogP contribution in [0, 0.1) is 0 Å². The molecule has 1 fully saturated rings. The zero-order chi connectivity index (χ0) is 27.1. The van der Waals surface area contributed by atoms with Crippen molar-refractivity contribution in [3.05, 3.63) is 0 Å². The summed E-state index contributed by atoms with van der Waals surface area (Å²) in [5, 5.41) is 2.85. The molecule has 0 aromatic carbocycles. The van der Waals surface area contributed by atoms with E-state index >= 15 is 0 Å². The summed E-state index contributed by atoms with van der Waals surface area (Å²) in [5.41, 5.74) is -0.967. The number of hydrogen-bond donors (Lipinski definition) is 1. The van der Waals surface area contributed by atoms with Crippen molar-refractivity contribution >= 4 is 41.5 Å². The molecule has 0 aromatic heterocycles. The molecule has 1 aliphatic rings. The number of carbonyl (C=O) groups excluding carboxylic acids is 5. The van der Waals surface area contributed by atoms with Crippen molar-refractivity contribution < 1.29 is 47.7 Å². The summed E-state index contributed by atoms with van der Waals surface area (Å²) in [6.07, 6.45) is 1.94. The van der Waals surface area contributed by atoms with Crippen LogP contribution in [0.4, 0.5) is 0 Å². The van der Waals surface area contributed by atoms with Crippen LogP contribution in [0.2, 0.25) is 0 Å². The van der Waals surface area contributed by atoms with Crippen LogP contribution in [0.15, 0.2) is 0 Å². The third-order valence-electron chi connectivity index (χ3n) is 5.18. The fraction of sp³-hybridized carbons (Fsp3) is 0.792. The van der Waals surface area contributed by atoms with Gasteiger partial charge in [-0.1, -0.05) is 39.0 Å². The molecule has 1 N–H and O–H groups in total. The second-order valence-corrected chi connectivity index (χ2v) is 9.58. The van der Waals surface area contributed by atoms with E-state index in [2.05, 4.69) is 12.2 Å². The van der Waals surface area contributed by atoms with E-state index in [9.17, 15) is 24.0 Å². The minimum atomic E-state index is -1.24. The average molecular weight is 534 g/mol. The number of amides is 1. The van der Waals surface area contributed by atoms with Crippen LogP contribution in [-0.2, 0) is 47.7 Å². The van der Waals surface area contributed by atoms with E-state index in [-0.39, 0.29) is 18.3 Å². The SMILES string of the molecule is CCCCCCCCNC(=O)CS[C@@H]1O[C@H](COC(C)=O)[C@@H](OC(C)=O)[C@H](OC(C)=O)[C@H]1OC(C)=O. The summed E-state index contributed by atoms with van der Waals surface area (Å²) in [6, 6.07) is 0. The molecule has 11 nitrogen and oxygen atoms in total. The van der Waals surface area contributed by atoms with Crippen molar-refractivity contribution in [1.29, 1.82) is 0 Å². The van der Waals surface area contributed by atoms with Gasteiger partial charge in [0.2, 0.25) is 5.91 Å². The van der Waals surface area contributed by atoms with Gasteiger partial charge in [-0.2, -0.15) is 0 Å². The molecule has 0 aromatic rings. The second kappa shape index (κ2) is 17.2. The second-order valence-electron chi connectivity index (χ2n) is 8.50. The van der Waals surface area contributed by atoms with Crippen LogP contribution in [0.3, 0.4) is 0 Å². The van der Waals surface area contributed by atoms with Crippen molar-refractivity contribution in [3.8, 4) is 0 Å². The number of nitrogens with one attached hydrogen (secondary N) is 1. The first-order valence-corrected chi connectivity index (χ1v) is 13.3. The Morgan fingerprint density at radius 2 is 1.31 bits per heavy atom. The monoisotopic (exact) mass is 533 g/mol. The molecule has 0 unspecified atom stereocenters. The minimum Gasteiger partial charge on any atom is -0.463 e. The smallest absolute Gasteiger partial charge is 0.303 e. The first kappa shape index (κ1) is 31.7. The van der Waals surface area contributed by atoms with Gasteiger partial charge in [-0.3, -0.25) is 24.0 Å². The van der Waals surface area contributed by atoms with E-state index in [0.29, 0.717) is 6.54 Å². The lowest BCUT2D eigenvalue weighted by atomic mass is 9.99. The molecule has 0 bridgehead atoms. The van der Waals surface area contributed by atoms with Crippen LogP contribution < -0.4 is 5.32 Å². The molecule has 1 heterocycles. The fourth-order valence-corrected chi connectivity index (χ4v) is 4.70. The van der Waals surface area contributed by atoms with Gasteiger partial charge in [0.05, 0.1) is 5.75 Å². The van der Waals surface area contributed by atoms with E-state index in [1.165, 1.54) is 33.1 Å². The van der Waals surface area contributed by atoms with Gasteiger partial charge in [0.25, 0.3) is 0 Å². The highest BCUT2D eigenvalue weighted by Crippen LogP contribution is 2.34. The summed E-state index contributed by atoms with van der Waals surface area (Å²) in [4.78, 5) is 59.2. The highest BCUT2D eigenvalue weighted by atomic mass is 32.2. The third-order valence-corrected chi connectivity index (χ3v) is 6.32. The van der Waals surface area contributed by atoms with Crippen LogP contribution in [0.5, 0.6) is 0 Å². The maximum atomic E-state index is 12.4. The predicted molar refractivity (Wildman–Crippen MR) is 131 cm³/mol. The number of thioether (sulfide) groups is 1. The zero-order valence-corrected chi connectivity index (χ0v) is 22.6. The van der Waals surface area contributed by atoms with Gasteiger partial charge in [-0.15, -0.1) is 11.8 Å². The number of esters is 4. The summed E-state index contributed by atoms with van der Waals surface area (Å²) in [5.74, 6) is -2.94. The standard InChI is InChI=1S/C24H39NO10S/c1-6-7-8-9-10-11-12-25-20(30)14-36-24-23(34-18(5)29)22(33-17(4)28)21(32-16(3)27)19(35-24)13-31-15(2)26/h19,21-24H,6-14H2,1-5H3,(H,25,30)/t19-,21-,22+,23-,24+/m1/s1. The number of unbranched alkanes of at least 4 members (excludes halogenated alkanes) is 5. The van der Waals surface area contributed by atoms with Crippen LogP contribution in [-0.4, -0.2) is 78.5 Å². The lowest BCUT2D eigenvalue weighted by molar-refractivity contribution is -0.237. The van der Waals surface area contributed by atoms with E-state index in [0.717, 1.165) is 44.9 Å². The molecule has 36 heavy (non-hydrogen) atoms. The van der Waals surface area contributed by atoms with Gasteiger partial charge in [-0.25, -0.2) is 0 Å². The van der Waals surface area contributed by atoms with E-state index < -0.39 is 53.7 Å². The molecular formula is C24H39NO10S. The van der Waals surface area contributed by atoms with Gasteiger partial charge < -0.3 is 29.0 Å². The Labute approximate surface area is 216 Å². The molecule has 12 heteroatoms. The van der Waals surface area contributed by atoms with Crippen LogP contribution >= 0.6 is 11.8 Å². The Bertz CT molecular complexity index is 746. The normalized spacial score (nSPS) is 23.3. The first-order valence-electron chi connectivity index (χ1n) is 12.2. The van der Waals surface area contributed by atoms with Crippen molar-refractivity contribution in [3.63, 3.8) is 0 Å². The first-order chi connectivity index (χ1) is 17.0. The van der Waals surface area contributed by atoms with Crippen LogP contribution in [0.1, 0.15) is 73.1 Å². The van der Waals surface area contributed by atoms with E-state index in [4.69, 9.17) is 23.7 Å². The lowest BCUT2D eigenvalue weighted by Crippen LogP contribution is -2.61. The number of rotatable bonds is 15. The van der Waals surface area contributed by atoms with Gasteiger partial charge in [-0.05, 0) is 6.42 Å². The molecule has 0 radical (unpaired) electrons. The number of carbonyl (C=O) groups is 5. The highest BCUT2D eigenvalue weighted by Gasteiger charge is 2.52. The van der Waals surface area contributed by atoms with Crippen molar-refractivity contribution in [2.75, 3.05) is 18.9 Å². The molecule has 1 rings (SSSR count). The topological polar surface area (TPSA) is 144 Å². The number of ether oxygens (including phenoxy) is 5. The minimum absolute atomic E-state index is 0.0242. The lowest BCUT2D eigenvalue weighted by Gasteiger charge is -2.44. The molecule has 0 saturated carbocycles. The molecule has 5 atom stereocenters. The zero-order valence-electron chi connectivity index (χ0n) is 21.7. The van der Waals surface area contributed by atoms with Gasteiger partial charge in [0.15, 0.2) is 18.3 Å². The highest BCUT2D eigenvalue weighted by molar-refractivity contribution is 8.00. The Morgan fingerprint density at radius 1 is 0.750 bits per heavy atom. The quantitative estimate of drug-likeness (QED) is 0.188. The largest absolute Gasteiger partial charge is 0.463 e. The molecule has 1 saturated heterocycles. The number of hydrogen-bond acceptors (Lipinski definition) is 11. The molecule has 0 aliphatic carbocycles. The van der Waals surface area contributed by atoms with Crippen molar-refractivity contribution in [2.45, 2.75) is 103 Å². The Morgan fingerprint density at radius 3 is 1.89 bits per heavy atom. The molecule has 206 valence electrons. The van der Waals surface area contributed by atoms with Crippen LogP contribution in [0.25, 0.3) is 0 Å². The Kier molecular flexibility index (Phi) is 15.1. The summed E-state index contributed by atoms with van der Waals surface area (Å²) >= 11 is 1.04.